The van der Waals surface area contributed by atoms with Crippen LogP contribution in [0, 0.1) is 0 Å². The van der Waals surface area contributed by atoms with Gasteiger partial charge in [0.2, 0.25) is 0 Å². The average molecular weight is 537 g/mol. The normalized spacial score (nSPS) is 20.0. The van der Waals surface area contributed by atoms with Crippen LogP contribution in [0.5, 0.6) is 0 Å². The number of rotatable bonds is 4. The predicted octanol–water partition coefficient (Wildman–Crippen LogP) is 4.42. The first-order chi connectivity index (χ1) is 17.2. The van der Waals surface area contributed by atoms with E-state index in [0.29, 0.717) is 35.3 Å². The molecule has 1 aromatic heterocycles. The number of hydrogen-bond acceptors (Lipinski definition) is 6. The molecule has 1 saturated heterocycles. The average Bonchev–Trinajstić information content (AvgIpc) is 3.42. The Morgan fingerprint density at radius 3 is 2.86 bits per heavy atom. The molecule has 3 heterocycles. The Morgan fingerprint density at radius 2 is 2.08 bits per heavy atom. The minimum atomic E-state index is -4.53. The van der Waals surface area contributed by atoms with Crippen molar-refractivity contribution in [2.75, 3.05) is 26.4 Å². The maximum absolute atomic E-state index is 13.5. The maximum atomic E-state index is 13.5. The molecule has 2 aliphatic rings. The monoisotopic (exact) mass is 536 g/mol. The molecular weight excluding hydrogens is 517 g/mol. The third-order valence-electron chi connectivity index (χ3n) is 5.95. The van der Waals surface area contributed by atoms with E-state index in [2.05, 4.69) is 10.1 Å². The lowest BCUT2D eigenvalue weighted by Crippen LogP contribution is -2.49. The van der Waals surface area contributed by atoms with Crippen molar-refractivity contribution in [1.29, 1.82) is 0 Å². The van der Waals surface area contributed by atoms with Crippen LogP contribution in [0.1, 0.15) is 16.7 Å². The highest BCUT2D eigenvalue weighted by atomic mass is 35.5. The van der Waals surface area contributed by atoms with Crippen LogP contribution in [0.15, 0.2) is 52.5 Å². The van der Waals surface area contributed by atoms with Crippen LogP contribution < -0.4 is 0 Å². The van der Waals surface area contributed by atoms with Crippen LogP contribution in [0.3, 0.4) is 0 Å². The van der Waals surface area contributed by atoms with Crippen LogP contribution in [0.2, 0.25) is 5.02 Å². The summed E-state index contributed by atoms with van der Waals surface area (Å²) in [6.45, 7) is 1.21. The van der Waals surface area contributed by atoms with Gasteiger partial charge < -0.3 is 14.7 Å². The summed E-state index contributed by atoms with van der Waals surface area (Å²) in [5.41, 5.74) is 0.653. The molecule has 0 radical (unpaired) electrons. The molecular formula is C24H20ClF3N4O3S. The second-order valence-corrected chi connectivity index (χ2v) is 9.78. The van der Waals surface area contributed by atoms with E-state index in [0.717, 1.165) is 17.0 Å². The number of amidine groups is 1. The predicted molar refractivity (Wildman–Crippen MR) is 132 cm³/mol. The van der Waals surface area contributed by atoms with E-state index in [1.807, 2.05) is 11.0 Å². The molecule has 2 aromatic carbocycles. The fourth-order valence-electron chi connectivity index (χ4n) is 4.16. The summed E-state index contributed by atoms with van der Waals surface area (Å²) >= 11 is 7.02. The molecule has 0 bridgehead atoms. The number of alkyl halides is 3. The molecule has 0 saturated carbocycles. The number of amides is 1. The summed E-state index contributed by atoms with van der Waals surface area (Å²) in [5.74, 6) is -0.364. The van der Waals surface area contributed by atoms with Crippen molar-refractivity contribution in [3.05, 3.63) is 69.2 Å². The van der Waals surface area contributed by atoms with Gasteiger partial charge in [0.25, 0.3) is 5.91 Å². The second-order valence-electron chi connectivity index (χ2n) is 8.33. The van der Waals surface area contributed by atoms with Crippen LogP contribution in [0.4, 0.5) is 13.2 Å². The second kappa shape index (κ2) is 9.89. The molecule has 188 valence electrons. The Labute approximate surface area is 213 Å². The van der Waals surface area contributed by atoms with Gasteiger partial charge in [-0.2, -0.15) is 23.3 Å². The summed E-state index contributed by atoms with van der Waals surface area (Å²) < 4.78 is 47.3. The van der Waals surface area contributed by atoms with Crippen molar-refractivity contribution in [1.82, 2.24) is 14.7 Å². The van der Waals surface area contributed by atoms with Gasteiger partial charge in [-0.1, -0.05) is 23.7 Å². The van der Waals surface area contributed by atoms with Gasteiger partial charge >= 0.3 is 6.18 Å². The minimum absolute atomic E-state index is 0.0149. The van der Waals surface area contributed by atoms with E-state index in [1.54, 1.807) is 24.4 Å². The standard InChI is InChI=1S/C24H20ClF3N4O3S/c25-17-3-2-15(19(9-17)24(26,27)28)11-32-20-4-1-14(7-16(20)10-29-32)8-21-22(34)30-23(36-21)31-5-6-35-13-18(31)12-33/h1-4,7-10,18,33H,5-6,11-13H2/t18-/m1/s1. The molecule has 0 aliphatic carbocycles. The third kappa shape index (κ3) is 5.01. The number of benzene rings is 2. The highest BCUT2D eigenvalue weighted by Gasteiger charge is 2.34. The van der Waals surface area contributed by atoms with E-state index >= 15 is 0 Å². The number of aromatic nitrogens is 2. The number of morpholine rings is 1. The fraction of sp³-hybridized carbons (Fsp3) is 0.292. The van der Waals surface area contributed by atoms with Crippen molar-refractivity contribution in [3.8, 4) is 0 Å². The number of aliphatic imine (C=N–C) groups is 1. The molecule has 12 heteroatoms. The minimum Gasteiger partial charge on any atom is -0.394 e. The topological polar surface area (TPSA) is 80.0 Å². The van der Waals surface area contributed by atoms with Crippen molar-refractivity contribution in [2.24, 2.45) is 4.99 Å². The lowest BCUT2D eigenvalue weighted by atomic mass is 10.1. The van der Waals surface area contributed by atoms with Crippen LogP contribution in [-0.2, 0) is 22.3 Å². The zero-order valence-corrected chi connectivity index (χ0v) is 20.3. The first kappa shape index (κ1) is 24.8. The van der Waals surface area contributed by atoms with E-state index in [-0.39, 0.29) is 35.7 Å². The maximum Gasteiger partial charge on any atom is 0.416 e. The van der Waals surface area contributed by atoms with E-state index in [9.17, 15) is 23.1 Å². The number of halogens is 4. The molecule has 1 atom stereocenters. The third-order valence-corrected chi connectivity index (χ3v) is 7.21. The van der Waals surface area contributed by atoms with Gasteiger partial charge in [0.1, 0.15) is 0 Å². The Kier molecular flexibility index (Phi) is 6.82. The SMILES string of the molecule is O=C1N=C(N2CCOC[C@H]2CO)SC1=Cc1ccc2c(cnn2Cc2ccc(Cl)cc2C(F)(F)F)c1. The Bertz CT molecular complexity index is 1390. The molecule has 0 unspecified atom stereocenters. The van der Waals surface area contributed by atoms with Crippen molar-refractivity contribution < 1.29 is 27.8 Å². The first-order valence-corrected chi connectivity index (χ1v) is 12.2. The molecule has 1 fully saturated rings. The lowest BCUT2D eigenvalue weighted by molar-refractivity contribution is -0.138. The quantitative estimate of drug-likeness (QED) is 0.497. The molecule has 1 amide bonds. The smallest absolute Gasteiger partial charge is 0.394 e. The lowest BCUT2D eigenvalue weighted by Gasteiger charge is -2.35. The largest absolute Gasteiger partial charge is 0.416 e. The summed E-state index contributed by atoms with van der Waals surface area (Å²) in [7, 11) is 0. The Hall–Kier alpha value is -2.86. The summed E-state index contributed by atoms with van der Waals surface area (Å²) in [4.78, 5) is 19.0. The summed E-state index contributed by atoms with van der Waals surface area (Å²) in [5, 5.41) is 15.1. The highest BCUT2D eigenvalue weighted by Crippen LogP contribution is 2.35. The van der Waals surface area contributed by atoms with Crippen molar-refractivity contribution >= 4 is 51.4 Å². The fourth-order valence-corrected chi connectivity index (χ4v) is 5.35. The molecule has 5 rings (SSSR count). The Balaban J connectivity index is 1.37. The number of aliphatic hydroxyl groups is 1. The molecule has 1 N–H and O–H groups in total. The number of carbonyl (C=O) groups is 1. The summed E-state index contributed by atoms with van der Waals surface area (Å²) in [6, 6.07) is 8.79. The van der Waals surface area contributed by atoms with Crippen molar-refractivity contribution in [3.63, 3.8) is 0 Å². The molecule has 0 spiro atoms. The number of nitrogens with zero attached hydrogens (tertiary/aromatic N) is 4. The molecule has 7 nitrogen and oxygen atoms in total. The number of fused-ring (bicyclic) bond motifs is 1. The molecule has 3 aromatic rings. The van der Waals surface area contributed by atoms with E-state index in [4.69, 9.17) is 16.3 Å². The summed E-state index contributed by atoms with van der Waals surface area (Å²) in [6.07, 6.45) is -1.24. The number of aliphatic hydroxyl groups excluding tert-OH is 1. The number of thioether (sulfide) groups is 1. The van der Waals surface area contributed by atoms with E-state index in [1.165, 1.54) is 28.6 Å². The first-order valence-electron chi connectivity index (χ1n) is 11.0. The van der Waals surface area contributed by atoms with Gasteiger partial charge in [-0.05, 0) is 53.2 Å². The zero-order valence-electron chi connectivity index (χ0n) is 18.7. The van der Waals surface area contributed by atoms with Crippen molar-refractivity contribution in [2.45, 2.75) is 18.8 Å². The van der Waals surface area contributed by atoms with Gasteiger partial charge in [0.15, 0.2) is 5.17 Å². The molecule has 2 aliphatic heterocycles. The van der Waals surface area contributed by atoms with Crippen LogP contribution in [-0.4, -0.2) is 63.3 Å². The van der Waals surface area contributed by atoms with Crippen LogP contribution in [0.25, 0.3) is 17.0 Å². The van der Waals surface area contributed by atoms with Gasteiger partial charge in [0, 0.05) is 17.0 Å². The number of ether oxygens (including phenoxy) is 1. The van der Waals surface area contributed by atoms with Gasteiger partial charge in [-0.15, -0.1) is 0 Å². The number of hydrogen-bond donors (Lipinski definition) is 1. The molecule has 36 heavy (non-hydrogen) atoms. The zero-order chi connectivity index (χ0) is 25.4. The van der Waals surface area contributed by atoms with Gasteiger partial charge in [0.05, 0.1) is 54.6 Å². The Morgan fingerprint density at radius 1 is 1.25 bits per heavy atom. The highest BCUT2D eigenvalue weighted by molar-refractivity contribution is 8.18. The number of carbonyl (C=O) groups excluding carboxylic acids is 1. The van der Waals surface area contributed by atoms with Gasteiger partial charge in [-0.25, -0.2) is 0 Å². The van der Waals surface area contributed by atoms with Crippen LogP contribution >= 0.6 is 23.4 Å². The van der Waals surface area contributed by atoms with Gasteiger partial charge in [-0.3, -0.25) is 9.48 Å². The van der Waals surface area contributed by atoms with E-state index < -0.39 is 11.7 Å².